The highest BCUT2D eigenvalue weighted by Gasteiger charge is 2.10. The number of rotatable bonds is 6. The maximum Gasteiger partial charge on any atom is 0.0795 e. The molecule has 0 aromatic carbocycles. The predicted molar refractivity (Wildman–Crippen MR) is 59.4 cm³/mol. The van der Waals surface area contributed by atoms with Gasteiger partial charge in [0.05, 0.1) is 11.2 Å². The lowest BCUT2D eigenvalue weighted by Crippen LogP contribution is -2.29. The van der Waals surface area contributed by atoms with Gasteiger partial charge in [0, 0.05) is 24.1 Å². The van der Waals surface area contributed by atoms with Gasteiger partial charge in [0.1, 0.15) is 0 Å². The van der Waals surface area contributed by atoms with E-state index in [0.29, 0.717) is 12.1 Å². The number of thiazole rings is 1. The molecule has 0 aliphatic rings. The zero-order valence-corrected chi connectivity index (χ0v) is 9.55. The van der Waals surface area contributed by atoms with Gasteiger partial charge in [-0.15, -0.1) is 11.3 Å². The summed E-state index contributed by atoms with van der Waals surface area (Å²) in [6.45, 7) is 4.53. The third-order valence-electron chi connectivity index (χ3n) is 2.22. The lowest BCUT2D eigenvalue weighted by atomic mass is 10.1. The summed E-state index contributed by atoms with van der Waals surface area (Å²) in [6, 6.07) is 0.730. The minimum atomic E-state index is 0.275. The first-order valence-corrected chi connectivity index (χ1v) is 5.93. The number of aliphatic hydroxyl groups is 1. The Hall–Kier alpha value is -0.450. The van der Waals surface area contributed by atoms with E-state index < -0.39 is 0 Å². The largest absolute Gasteiger partial charge is 0.396 e. The molecule has 0 spiro atoms. The molecule has 2 unspecified atom stereocenters. The van der Waals surface area contributed by atoms with E-state index in [1.807, 2.05) is 5.51 Å². The molecular formula is C10H18N2OS. The van der Waals surface area contributed by atoms with Gasteiger partial charge in [-0.1, -0.05) is 0 Å². The van der Waals surface area contributed by atoms with Crippen molar-refractivity contribution in [2.45, 2.75) is 38.8 Å². The zero-order chi connectivity index (χ0) is 10.4. The van der Waals surface area contributed by atoms with Gasteiger partial charge in [-0.2, -0.15) is 0 Å². The van der Waals surface area contributed by atoms with Crippen LogP contribution in [0, 0.1) is 0 Å². The summed E-state index contributed by atoms with van der Waals surface area (Å²) in [5.41, 5.74) is 2.96. The monoisotopic (exact) mass is 214 g/mol. The van der Waals surface area contributed by atoms with E-state index in [2.05, 4.69) is 29.5 Å². The van der Waals surface area contributed by atoms with Crippen molar-refractivity contribution in [1.82, 2.24) is 10.3 Å². The van der Waals surface area contributed by atoms with Gasteiger partial charge in [0.15, 0.2) is 0 Å². The van der Waals surface area contributed by atoms with Crippen molar-refractivity contribution >= 4 is 11.3 Å². The summed E-state index contributed by atoms with van der Waals surface area (Å²) < 4.78 is 0. The molecule has 0 aliphatic heterocycles. The second-order valence-electron chi connectivity index (χ2n) is 3.57. The highest BCUT2D eigenvalue weighted by atomic mass is 32.1. The average Bonchev–Trinajstić information content (AvgIpc) is 2.67. The molecule has 2 N–H and O–H groups in total. The lowest BCUT2D eigenvalue weighted by Gasteiger charge is -2.18. The predicted octanol–water partition coefficient (Wildman–Crippen LogP) is 1.95. The second kappa shape index (κ2) is 6.11. The molecule has 1 aromatic rings. The molecule has 4 heteroatoms. The minimum Gasteiger partial charge on any atom is -0.396 e. The van der Waals surface area contributed by atoms with Gasteiger partial charge in [-0.25, -0.2) is 4.98 Å². The van der Waals surface area contributed by atoms with E-state index in [1.54, 1.807) is 11.3 Å². The number of nitrogens with one attached hydrogen (secondary N) is 1. The van der Waals surface area contributed by atoms with Crippen LogP contribution in [-0.2, 0) is 0 Å². The van der Waals surface area contributed by atoms with Crippen molar-refractivity contribution in [2.75, 3.05) is 6.61 Å². The van der Waals surface area contributed by atoms with Crippen molar-refractivity contribution in [2.24, 2.45) is 0 Å². The Morgan fingerprint density at radius 3 is 2.93 bits per heavy atom. The van der Waals surface area contributed by atoms with Gasteiger partial charge >= 0.3 is 0 Å². The topological polar surface area (TPSA) is 45.1 Å². The maximum absolute atomic E-state index is 8.69. The Kier molecular flexibility index (Phi) is 5.07. The number of aliphatic hydroxyl groups excluding tert-OH is 1. The average molecular weight is 214 g/mol. The molecule has 80 valence electrons. The first-order chi connectivity index (χ1) is 6.74. The van der Waals surface area contributed by atoms with E-state index in [9.17, 15) is 0 Å². The van der Waals surface area contributed by atoms with E-state index in [1.165, 1.54) is 0 Å². The van der Waals surface area contributed by atoms with Gasteiger partial charge in [0.25, 0.3) is 0 Å². The first-order valence-electron chi connectivity index (χ1n) is 4.99. The molecule has 0 radical (unpaired) electrons. The molecule has 0 fully saturated rings. The minimum absolute atomic E-state index is 0.275. The fourth-order valence-corrected chi connectivity index (χ4v) is 2.08. The van der Waals surface area contributed by atoms with E-state index >= 15 is 0 Å². The molecule has 3 nitrogen and oxygen atoms in total. The van der Waals surface area contributed by atoms with Crippen LogP contribution in [0.3, 0.4) is 0 Å². The van der Waals surface area contributed by atoms with Gasteiger partial charge in [0.2, 0.25) is 0 Å². The molecule has 1 rings (SSSR count). The van der Waals surface area contributed by atoms with Crippen LogP contribution in [0.4, 0.5) is 0 Å². The van der Waals surface area contributed by atoms with E-state index in [-0.39, 0.29) is 6.61 Å². The lowest BCUT2D eigenvalue weighted by molar-refractivity contribution is 0.274. The van der Waals surface area contributed by atoms with Gasteiger partial charge < -0.3 is 10.4 Å². The summed E-state index contributed by atoms with van der Waals surface area (Å²) in [4.78, 5) is 4.26. The molecule has 0 bridgehead atoms. The smallest absolute Gasteiger partial charge is 0.0795 e. The number of hydrogen-bond donors (Lipinski definition) is 2. The SMILES string of the molecule is CC(CCCO)NC(C)c1cscn1. The van der Waals surface area contributed by atoms with Crippen LogP contribution in [0.1, 0.15) is 38.4 Å². The Balaban J connectivity index is 2.29. The van der Waals surface area contributed by atoms with Gasteiger partial charge in [-0.05, 0) is 26.7 Å². The summed E-state index contributed by atoms with van der Waals surface area (Å²) in [7, 11) is 0. The van der Waals surface area contributed by atoms with Crippen molar-refractivity contribution < 1.29 is 5.11 Å². The van der Waals surface area contributed by atoms with Crippen LogP contribution in [-0.4, -0.2) is 22.7 Å². The third kappa shape index (κ3) is 3.74. The molecule has 1 aromatic heterocycles. The van der Waals surface area contributed by atoms with Crippen molar-refractivity contribution in [3.63, 3.8) is 0 Å². The van der Waals surface area contributed by atoms with Crippen molar-refractivity contribution in [3.05, 3.63) is 16.6 Å². The van der Waals surface area contributed by atoms with Crippen molar-refractivity contribution in [1.29, 1.82) is 0 Å². The Morgan fingerprint density at radius 1 is 1.57 bits per heavy atom. The fourth-order valence-electron chi connectivity index (χ4n) is 1.43. The third-order valence-corrected chi connectivity index (χ3v) is 2.83. The summed E-state index contributed by atoms with van der Waals surface area (Å²) >= 11 is 1.62. The normalized spacial score (nSPS) is 15.4. The molecule has 1 heterocycles. The Labute approximate surface area is 89.2 Å². The van der Waals surface area contributed by atoms with Crippen LogP contribution in [0.25, 0.3) is 0 Å². The summed E-state index contributed by atoms with van der Waals surface area (Å²) in [5, 5.41) is 14.2. The standard InChI is InChI=1S/C10H18N2OS/c1-8(4-3-5-13)12-9(2)10-6-14-7-11-10/h6-9,12-13H,3-5H2,1-2H3. The quantitative estimate of drug-likeness (QED) is 0.761. The molecule has 0 saturated carbocycles. The van der Waals surface area contributed by atoms with E-state index in [0.717, 1.165) is 18.5 Å². The van der Waals surface area contributed by atoms with Crippen LogP contribution >= 0.6 is 11.3 Å². The highest BCUT2D eigenvalue weighted by molar-refractivity contribution is 7.07. The highest BCUT2D eigenvalue weighted by Crippen LogP contribution is 2.13. The fraction of sp³-hybridized carbons (Fsp3) is 0.700. The number of hydrogen-bond acceptors (Lipinski definition) is 4. The summed E-state index contributed by atoms with van der Waals surface area (Å²) in [5.74, 6) is 0. The molecule has 2 atom stereocenters. The van der Waals surface area contributed by atoms with Crippen LogP contribution < -0.4 is 5.32 Å². The van der Waals surface area contributed by atoms with Crippen LogP contribution in [0.15, 0.2) is 10.9 Å². The van der Waals surface area contributed by atoms with Gasteiger partial charge in [-0.3, -0.25) is 0 Å². The number of aromatic nitrogens is 1. The Bertz CT molecular complexity index is 238. The van der Waals surface area contributed by atoms with Crippen LogP contribution in [0.5, 0.6) is 0 Å². The first kappa shape index (κ1) is 11.6. The Morgan fingerprint density at radius 2 is 2.36 bits per heavy atom. The maximum atomic E-state index is 8.69. The molecule has 0 amide bonds. The molecule has 0 saturated heterocycles. The molecule has 14 heavy (non-hydrogen) atoms. The molecular weight excluding hydrogens is 196 g/mol. The summed E-state index contributed by atoms with van der Waals surface area (Å²) in [6.07, 6.45) is 1.86. The van der Waals surface area contributed by atoms with Crippen molar-refractivity contribution in [3.8, 4) is 0 Å². The second-order valence-corrected chi connectivity index (χ2v) is 4.29. The zero-order valence-electron chi connectivity index (χ0n) is 8.73. The number of nitrogens with zero attached hydrogens (tertiary/aromatic N) is 1. The molecule has 0 aliphatic carbocycles. The van der Waals surface area contributed by atoms with E-state index in [4.69, 9.17) is 5.11 Å². The van der Waals surface area contributed by atoms with Crippen LogP contribution in [0.2, 0.25) is 0 Å².